The first kappa shape index (κ1) is 15.6. The summed E-state index contributed by atoms with van der Waals surface area (Å²) in [6, 6.07) is 0. The number of aryl methyl sites for hydroxylation is 2. The van der Waals surface area contributed by atoms with Crippen LogP contribution < -0.4 is 5.32 Å². The molecule has 4 saturated carbocycles. The van der Waals surface area contributed by atoms with Crippen LogP contribution in [0.5, 0.6) is 0 Å². The smallest absolute Gasteiger partial charge is 0.256 e. The van der Waals surface area contributed by atoms with Gasteiger partial charge in [-0.2, -0.15) is 0 Å². The van der Waals surface area contributed by atoms with Crippen molar-refractivity contribution >= 4 is 17.7 Å². The first-order valence-electron chi connectivity index (χ1n) is 8.85. The lowest BCUT2D eigenvalue weighted by molar-refractivity contribution is -0.126. The summed E-state index contributed by atoms with van der Waals surface area (Å²) < 4.78 is 5.60. The van der Waals surface area contributed by atoms with E-state index in [-0.39, 0.29) is 16.7 Å². The van der Waals surface area contributed by atoms with Gasteiger partial charge in [0.05, 0.1) is 10.9 Å². The number of hydrogen-bond acceptors (Lipinski definition) is 4. The van der Waals surface area contributed by atoms with Crippen LogP contribution in [-0.2, 0) is 4.79 Å². The second kappa shape index (κ2) is 5.54. The van der Waals surface area contributed by atoms with Gasteiger partial charge < -0.3 is 9.73 Å². The topological polar surface area (TPSA) is 55.1 Å². The molecule has 4 bridgehead atoms. The molecule has 4 aliphatic carbocycles. The van der Waals surface area contributed by atoms with E-state index in [4.69, 9.17) is 4.42 Å². The SMILES string of the molecule is Cc1nc(S[C@@H](C)C(=O)NC23CC4CC(CC(C4)C2)C3)oc1C. The van der Waals surface area contributed by atoms with Gasteiger partial charge >= 0.3 is 0 Å². The standard InChI is InChI=1S/C18H26N2O2S/c1-10-11(2)22-17(19-10)23-12(3)16(21)20-18-7-13-4-14(8-18)6-15(5-13)9-18/h12-15H,4-9H2,1-3H3,(H,20,21)/t12-,13?,14?,15?,18?/m0/s1. The summed E-state index contributed by atoms with van der Waals surface area (Å²) in [7, 11) is 0. The van der Waals surface area contributed by atoms with Crippen molar-refractivity contribution in [2.24, 2.45) is 17.8 Å². The fourth-order valence-corrected chi connectivity index (χ4v) is 6.16. The van der Waals surface area contributed by atoms with Crippen LogP contribution in [0.25, 0.3) is 0 Å². The quantitative estimate of drug-likeness (QED) is 0.850. The number of carbonyl (C=O) groups excluding carboxylic acids is 1. The van der Waals surface area contributed by atoms with E-state index in [1.807, 2.05) is 20.8 Å². The molecule has 1 N–H and O–H groups in total. The molecule has 5 heteroatoms. The molecule has 0 aliphatic heterocycles. The monoisotopic (exact) mass is 334 g/mol. The van der Waals surface area contributed by atoms with E-state index in [9.17, 15) is 4.79 Å². The molecule has 1 atom stereocenters. The molecule has 0 unspecified atom stereocenters. The van der Waals surface area contributed by atoms with Crippen LogP contribution in [0, 0.1) is 31.6 Å². The Morgan fingerprint density at radius 3 is 2.26 bits per heavy atom. The highest BCUT2D eigenvalue weighted by Crippen LogP contribution is 2.55. The van der Waals surface area contributed by atoms with Crippen molar-refractivity contribution in [2.75, 3.05) is 0 Å². The maximum atomic E-state index is 12.7. The highest BCUT2D eigenvalue weighted by atomic mass is 32.2. The first-order chi connectivity index (χ1) is 10.9. The average molecular weight is 334 g/mol. The molecule has 1 aromatic heterocycles. The Hall–Kier alpha value is -0.970. The summed E-state index contributed by atoms with van der Waals surface area (Å²) in [5, 5.41) is 3.88. The predicted molar refractivity (Wildman–Crippen MR) is 90.3 cm³/mol. The van der Waals surface area contributed by atoms with Gasteiger partial charge in [0.15, 0.2) is 0 Å². The lowest BCUT2D eigenvalue weighted by atomic mass is 9.53. The van der Waals surface area contributed by atoms with E-state index in [0.29, 0.717) is 5.22 Å². The van der Waals surface area contributed by atoms with E-state index in [2.05, 4.69) is 10.3 Å². The largest absolute Gasteiger partial charge is 0.437 e. The van der Waals surface area contributed by atoms with Crippen LogP contribution in [0.1, 0.15) is 56.9 Å². The van der Waals surface area contributed by atoms with Crippen molar-refractivity contribution in [1.82, 2.24) is 10.3 Å². The number of oxazole rings is 1. The zero-order valence-corrected chi connectivity index (χ0v) is 15.0. The number of nitrogens with one attached hydrogen (secondary N) is 1. The molecule has 1 amide bonds. The molecule has 126 valence electrons. The Balaban J connectivity index is 1.41. The van der Waals surface area contributed by atoms with E-state index in [1.165, 1.54) is 50.3 Å². The van der Waals surface area contributed by atoms with Crippen LogP contribution in [0.15, 0.2) is 9.64 Å². The summed E-state index contributed by atoms with van der Waals surface area (Å²) in [6.45, 7) is 5.80. The summed E-state index contributed by atoms with van der Waals surface area (Å²) in [5.41, 5.74) is 0.990. The minimum Gasteiger partial charge on any atom is -0.437 e. The second-order valence-electron chi connectivity index (χ2n) is 8.07. The number of hydrogen-bond donors (Lipinski definition) is 1. The molecule has 1 aromatic rings. The fraction of sp³-hybridized carbons (Fsp3) is 0.778. The van der Waals surface area contributed by atoms with Crippen molar-refractivity contribution in [2.45, 2.75) is 75.3 Å². The maximum absolute atomic E-state index is 12.7. The molecule has 4 fully saturated rings. The van der Waals surface area contributed by atoms with Crippen molar-refractivity contribution in [3.63, 3.8) is 0 Å². The predicted octanol–water partition coefficient (Wildman–Crippen LogP) is 3.86. The normalized spacial score (nSPS) is 36.2. The van der Waals surface area contributed by atoms with E-state index < -0.39 is 0 Å². The Kier molecular flexibility index (Phi) is 3.74. The number of nitrogens with zero attached hydrogens (tertiary/aromatic N) is 1. The van der Waals surface area contributed by atoms with Gasteiger partial charge in [0.25, 0.3) is 5.22 Å². The highest BCUT2D eigenvalue weighted by Gasteiger charge is 2.51. The Morgan fingerprint density at radius 1 is 1.22 bits per heavy atom. The van der Waals surface area contributed by atoms with Crippen LogP contribution in [0.4, 0.5) is 0 Å². The Morgan fingerprint density at radius 2 is 1.78 bits per heavy atom. The molecule has 1 heterocycles. The highest BCUT2D eigenvalue weighted by molar-refractivity contribution is 8.00. The summed E-state index contributed by atoms with van der Waals surface area (Å²) in [6.07, 6.45) is 7.77. The third kappa shape index (κ3) is 2.92. The van der Waals surface area contributed by atoms with E-state index in [1.54, 1.807) is 0 Å². The lowest BCUT2D eigenvalue weighted by Crippen LogP contribution is -2.60. The Bertz CT molecular complexity index is 570. The zero-order chi connectivity index (χ0) is 16.2. The van der Waals surface area contributed by atoms with Gasteiger partial charge in [-0.3, -0.25) is 4.79 Å². The number of aromatic nitrogens is 1. The number of carbonyl (C=O) groups is 1. The lowest BCUT2D eigenvalue weighted by Gasteiger charge is -2.57. The minimum absolute atomic E-state index is 0.0864. The van der Waals surface area contributed by atoms with Crippen molar-refractivity contribution < 1.29 is 9.21 Å². The summed E-state index contributed by atoms with van der Waals surface area (Å²) in [5.74, 6) is 3.52. The maximum Gasteiger partial charge on any atom is 0.256 e. The molecule has 4 aliphatic rings. The van der Waals surface area contributed by atoms with E-state index in [0.717, 1.165) is 29.2 Å². The first-order valence-corrected chi connectivity index (χ1v) is 9.73. The number of thioether (sulfide) groups is 1. The third-order valence-corrected chi connectivity index (χ3v) is 7.03. The summed E-state index contributed by atoms with van der Waals surface area (Å²) in [4.78, 5) is 17.1. The molecule has 23 heavy (non-hydrogen) atoms. The van der Waals surface area contributed by atoms with Gasteiger partial charge in [0.1, 0.15) is 5.76 Å². The molecule has 0 radical (unpaired) electrons. The minimum atomic E-state index is -0.166. The van der Waals surface area contributed by atoms with Crippen molar-refractivity contribution in [3.05, 3.63) is 11.5 Å². The van der Waals surface area contributed by atoms with Gasteiger partial charge in [-0.1, -0.05) is 11.8 Å². The van der Waals surface area contributed by atoms with Crippen molar-refractivity contribution in [1.29, 1.82) is 0 Å². The van der Waals surface area contributed by atoms with Crippen molar-refractivity contribution in [3.8, 4) is 0 Å². The van der Waals surface area contributed by atoms with Crippen LogP contribution in [0.3, 0.4) is 0 Å². The molecule has 5 rings (SSSR count). The second-order valence-corrected chi connectivity index (χ2v) is 9.36. The number of amides is 1. The average Bonchev–Trinajstić information content (AvgIpc) is 2.75. The van der Waals surface area contributed by atoms with Gasteiger partial charge in [-0.05, 0) is 77.0 Å². The van der Waals surface area contributed by atoms with Crippen LogP contribution in [0.2, 0.25) is 0 Å². The van der Waals surface area contributed by atoms with Crippen LogP contribution >= 0.6 is 11.8 Å². The van der Waals surface area contributed by atoms with Gasteiger partial charge in [0.2, 0.25) is 5.91 Å². The zero-order valence-electron chi connectivity index (χ0n) is 14.2. The van der Waals surface area contributed by atoms with Gasteiger partial charge in [0, 0.05) is 5.54 Å². The molecule has 4 nitrogen and oxygen atoms in total. The molecule has 0 spiro atoms. The molecule has 0 saturated heterocycles. The fourth-order valence-electron chi connectivity index (χ4n) is 5.33. The van der Waals surface area contributed by atoms with Gasteiger partial charge in [-0.25, -0.2) is 4.98 Å². The van der Waals surface area contributed by atoms with E-state index >= 15 is 0 Å². The van der Waals surface area contributed by atoms with Gasteiger partial charge in [-0.15, -0.1) is 0 Å². The van der Waals surface area contributed by atoms with Crippen LogP contribution in [-0.4, -0.2) is 21.7 Å². The molecular formula is C18H26N2O2S. The molecular weight excluding hydrogens is 308 g/mol. The summed E-state index contributed by atoms with van der Waals surface area (Å²) >= 11 is 1.43. The Labute approximate surface area is 142 Å². The molecule has 0 aromatic carbocycles. The number of rotatable bonds is 4. The third-order valence-electron chi connectivity index (χ3n) is 6.08.